The maximum Gasteiger partial charge on any atom is 0.238 e. The van der Waals surface area contributed by atoms with E-state index < -0.39 is 10.0 Å². The first-order chi connectivity index (χ1) is 6.98. The molecule has 1 aromatic heterocycles. The first kappa shape index (κ1) is 9.88. The zero-order chi connectivity index (χ0) is 11.1. The summed E-state index contributed by atoms with van der Waals surface area (Å²) >= 11 is 0. The fourth-order valence-corrected chi connectivity index (χ4v) is 1.84. The first-order valence-corrected chi connectivity index (χ1v) is 5.62. The summed E-state index contributed by atoms with van der Waals surface area (Å²) in [7, 11) is -3.74. The van der Waals surface area contributed by atoms with Gasteiger partial charge in [-0.3, -0.25) is 4.98 Å². The highest BCUT2D eigenvalue weighted by Crippen LogP contribution is 2.25. The average molecular weight is 224 g/mol. The highest BCUT2D eigenvalue weighted by molar-refractivity contribution is 7.89. The Morgan fingerprint density at radius 3 is 2.67 bits per heavy atom. The van der Waals surface area contributed by atoms with E-state index in [1.807, 2.05) is 0 Å². The number of nitrogens with two attached hydrogens (primary N) is 1. The SMILES string of the molecule is NS(=O)(=O)c1ccc2cncc(O)c2c1. The van der Waals surface area contributed by atoms with Gasteiger partial charge < -0.3 is 5.11 Å². The van der Waals surface area contributed by atoms with Gasteiger partial charge in [0.05, 0.1) is 11.1 Å². The molecule has 78 valence electrons. The number of benzene rings is 1. The van der Waals surface area contributed by atoms with E-state index in [4.69, 9.17) is 5.14 Å². The van der Waals surface area contributed by atoms with E-state index in [9.17, 15) is 13.5 Å². The summed E-state index contributed by atoms with van der Waals surface area (Å²) < 4.78 is 22.1. The molecule has 1 heterocycles. The van der Waals surface area contributed by atoms with Crippen molar-refractivity contribution in [3.8, 4) is 5.75 Å². The Kier molecular flexibility index (Phi) is 2.09. The molecule has 2 rings (SSSR count). The number of nitrogens with zero attached hydrogens (tertiary/aromatic N) is 1. The Balaban J connectivity index is 2.81. The van der Waals surface area contributed by atoms with Crippen LogP contribution < -0.4 is 5.14 Å². The molecule has 0 atom stereocenters. The number of hydrogen-bond acceptors (Lipinski definition) is 4. The molecule has 0 amide bonds. The van der Waals surface area contributed by atoms with Gasteiger partial charge >= 0.3 is 0 Å². The molecule has 0 unspecified atom stereocenters. The van der Waals surface area contributed by atoms with Gasteiger partial charge in [-0.25, -0.2) is 13.6 Å². The van der Waals surface area contributed by atoms with Gasteiger partial charge in [0.25, 0.3) is 0 Å². The molecule has 15 heavy (non-hydrogen) atoms. The van der Waals surface area contributed by atoms with Crippen LogP contribution in [0.3, 0.4) is 0 Å². The molecule has 0 saturated heterocycles. The van der Waals surface area contributed by atoms with E-state index in [1.165, 1.54) is 24.5 Å². The monoisotopic (exact) mass is 224 g/mol. The van der Waals surface area contributed by atoms with E-state index in [0.717, 1.165) is 0 Å². The molecule has 0 fully saturated rings. The smallest absolute Gasteiger partial charge is 0.238 e. The molecule has 0 saturated carbocycles. The van der Waals surface area contributed by atoms with Crippen molar-refractivity contribution in [1.29, 1.82) is 0 Å². The minimum absolute atomic E-state index is 0.0310. The highest BCUT2D eigenvalue weighted by Gasteiger charge is 2.09. The Bertz CT molecular complexity index is 622. The summed E-state index contributed by atoms with van der Waals surface area (Å²) in [5, 5.41) is 15.5. The number of fused-ring (bicyclic) bond motifs is 1. The second-order valence-electron chi connectivity index (χ2n) is 3.09. The van der Waals surface area contributed by atoms with Crippen LogP contribution in [0.2, 0.25) is 0 Å². The summed E-state index contributed by atoms with van der Waals surface area (Å²) in [6.07, 6.45) is 2.78. The minimum atomic E-state index is -3.74. The fourth-order valence-electron chi connectivity index (χ4n) is 1.30. The zero-order valence-electron chi connectivity index (χ0n) is 7.58. The average Bonchev–Trinajstić information content (AvgIpc) is 2.16. The summed E-state index contributed by atoms with van der Waals surface area (Å²) in [4.78, 5) is 3.74. The fraction of sp³-hybridized carbons (Fsp3) is 0. The van der Waals surface area contributed by atoms with E-state index in [-0.39, 0.29) is 10.6 Å². The second-order valence-corrected chi connectivity index (χ2v) is 4.65. The number of pyridine rings is 1. The molecule has 6 heteroatoms. The maximum atomic E-state index is 11.1. The van der Waals surface area contributed by atoms with E-state index in [1.54, 1.807) is 6.07 Å². The number of rotatable bonds is 1. The molecule has 0 bridgehead atoms. The van der Waals surface area contributed by atoms with Crippen molar-refractivity contribution < 1.29 is 13.5 Å². The molecule has 0 aliphatic rings. The largest absolute Gasteiger partial charge is 0.506 e. The summed E-state index contributed by atoms with van der Waals surface area (Å²) in [6, 6.07) is 4.24. The second kappa shape index (κ2) is 3.18. The van der Waals surface area contributed by atoms with Crippen molar-refractivity contribution in [2.24, 2.45) is 5.14 Å². The van der Waals surface area contributed by atoms with Crippen LogP contribution in [-0.2, 0) is 10.0 Å². The van der Waals surface area contributed by atoms with Crippen molar-refractivity contribution in [3.05, 3.63) is 30.6 Å². The third kappa shape index (κ3) is 1.77. The molecule has 0 spiro atoms. The van der Waals surface area contributed by atoms with Gasteiger partial charge in [-0.2, -0.15) is 0 Å². The number of sulfonamides is 1. The van der Waals surface area contributed by atoms with Crippen LogP contribution in [0.15, 0.2) is 35.5 Å². The van der Waals surface area contributed by atoms with Gasteiger partial charge in [0.1, 0.15) is 5.75 Å². The normalized spacial score (nSPS) is 11.8. The Morgan fingerprint density at radius 2 is 2.00 bits per heavy atom. The summed E-state index contributed by atoms with van der Waals surface area (Å²) in [5.41, 5.74) is 0. The first-order valence-electron chi connectivity index (χ1n) is 4.08. The van der Waals surface area contributed by atoms with Crippen LogP contribution >= 0.6 is 0 Å². The Hall–Kier alpha value is -1.66. The number of aromatic nitrogens is 1. The van der Waals surface area contributed by atoms with Gasteiger partial charge in [-0.15, -0.1) is 0 Å². The van der Waals surface area contributed by atoms with Crippen LogP contribution in [0.5, 0.6) is 5.75 Å². The summed E-state index contributed by atoms with van der Waals surface area (Å²) in [6.45, 7) is 0. The topological polar surface area (TPSA) is 93.3 Å². The van der Waals surface area contributed by atoms with E-state index in [0.29, 0.717) is 10.8 Å². The molecule has 3 N–H and O–H groups in total. The zero-order valence-corrected chi connectivity index (χ0v) is 8.40. The van der Waals surface area contributed by atoms with E-state index >= 15 is 0 Å². The molecule has 0 radical (unpaired) electrons. The van der Waals surface area contributed by atoms with Crippen LogP contribution in [0.4, 0.5) is 0 Å². The molecular weight excluding hydrogens is 216 g/mol. The summed E-state index contributed by atoms with van der Waals surface area (Å²) in [5.74, 6) is -0.0713. The van der Waals surface area contributed by atoms with Crippen molar-refractivity contribution in [2.75, 3.05) is 0 Å². The van der Waals surface area contributed by atoms with Crippen molar-refractivity contribution in [1.82, 2.24) is 4.98 Å². The highest BCUT2D eigenvalue weighted by atomic mass is 32.2. The van der Waals surface area contributed by atoms with Gasteiger partial charge in [0.15, 0.2) is 0 Å². The lowest BCUT2D eigenvalue weighted by atomic mass is 10.2. The van der Waals surface area contributed by atoms with Crippen molar-refractivity contribution >= 4 is 20.8 Å². The van der Waals surface area contributed by atoms with Crippen molar-refractivity contribution in [2.45, 2.75) is 4.90 Å². The van der Waals surface area contributed by atoms with Gasteiger partial charge in [0.2, 0.25) is 10.0 Å². The number of hydrogen-bond donors (Lipinski definition) is 2. The Morgan fingerprint density at radius 1 is 1.27 bits per heavy atom. The molecular formula is C9H8N2O3S. The predicted molar refractivity (Wildman–Crippen MR) is 54.8 cm³/mol. The lowest BCUT2D eigenvalue weighted by Crippen LogP contribution is -2.11. The van der Waals surface area contributed by atoms with Gasteiger partial charge in [0, 0.05) is 17.0 Å². The van der Waals surface area contributed by atoms with Crippen LogP contribution in [0.25, 0.3) is 10.8 Å². The van der Waals surface area contributed by atoms with Crippen LogP contribution in [0.1, 0.15) is 0 Å². The lowest BCUT2D eigenvalue weighted by molar-refractivity contribution is 0.479. The molecule has 1 aromatic carbocycles. The molecule has 0 aliphatic heterocycles. The maximum absolute atomic E-state index is 11.1. The lowest BCUT2D eigenvalue weighted by Gasteiger charge is -2.02. The molecule has 0 aliphatic carbocycles. The predicted octanol–water partition coefficient (Wildman–Crippen LogP) is 0.588. The third-order valence-corrected chi connectivity index (χ3v) is 2.95. The standard InChI is InChI=1S/C9H8N2O3S/c10-15(13,14)7-2-1-6-4-11-5-9(12)8(6)3-7/h1-5,12H,(H2,10,13,14). The minimum Gasteiger partial charge on any atom is -0.506 e. The van der Waals surface area contributed by atoms with E-state index in [2.05, 4.69) is 4.98 Å². The quantitative estimate of drug-likeness (QED) is 0.741. The van der Waals surface area contributed by atoms with Gasteiger partial charge in [-0.05, 0) is 12.1 Å². The number of aromatic hydroxyl groups is 1. The number of primary sulfonamides is 1. The van der Waals surface area contributed by atoms with Crippen molar-refractivity contribution in [3.63, 3.8) is 0 Å². The Labute approximate surface area is 86.2 Å². The third-order valence-electron chi connectivity index (χ3n) is 2.04. The van der Waals surface area contributed by atoms with Crippen LogP contribution in [-0.4, -0.2) is 18.5 Å². The van der Waals surface area contributed by atoms with Crippen LogP contribution in [0, 0.1) is 0 Å². The molecule has 2 aromatic rings. The van der Waals surface area contributed by atoms with Gasteiger partial charge in [-0.1, -0.05) is 6.07 Å². The molecule has 5 nitrogen and oxygen atoms in total.